The number of likely N-dealkylation sites (tertiary alicyclic amines) is 1. The molecule has 0 saturated carbocycles. The molecule has 3 saturated heterocycles. The Bertz CT molecular complexity index is 590. The standard InChI is InChI=1S/C20H28N2O2S2/c23-19(22-8-6-16-12-21-13-17(16)7-9-22)14-24-18-4-2-15(3-5-18)20-25-10-1-11-26-20/h2-5,16-17,20-21H,1,6-14H2/t16-,17+. The van der Waals surface area contributed by atoms with E-state index < -0.39 is 0 Å². The van der Waals surface area contributed by atoms with Gasteiger partial charge in [-0.1, -0.05) is 12.1 Å². The summed E-state index contributed by atoms with van der Waals surface area (Å²) >= 11 is 4.05. The number of benzene rings is 1. The molecule has 1 amide bonds. The number of nitrogens with one attached hydrogen (secondary N) is 1. The molecule has 6 heteroatoms. The van der Waals surface area contributed by atoms with Crippen molar-refractivity contribution in [3.8, 4) is 5.75 Å². The Balaban J connectivity index is 1.26. The Kier molecular flexibility index (Phi) is 6.33. The Morgan fingerprint density at radius 2 is 1.73 bits per heavy atom. The highest BCUT2D eigenvalue weighted by Gasteiger charge is 2.31. The number of ether oxygens (including phenoxy) is 1. The second kappa shape index (κ2) is 8.89. The highest BCUT2D eigenvalue weighted by Crippen LogP contribution is 2.43. The summed E-state index contributed by atoms with van der Waals surface area (Å²) in [5.74, 6) is 4.91. The molecule has 0 aliphatic carbocycles. The van der Waals surface area contributed by atoms with Gasteiger partial charge in [0, 0.05) is 13.1 Å². The van der Waals surface area contributed by atoms with Crippen molar-refractivity contribution in [2.45, 2.75) is 23.8 Å². The Morgan fingerprint density at radius 3 is 2.38 bits per heavy atom. The lowest BCUT2D eigenvalue weighted by atomic mass is 9.92. The van der Waals surface area contributed by atoms with E-state index in [0.717, 1.165) is 56.6 Å². The number of hydrogen-bond donors (Lipinski definition) is 1. The first-order valence-electron chi connectivity index (χ1n) is 9.74. The van der Waals surface area contributed by atoms with Crippen LogP contribution < -0.4 is 10.1 Å². The summed E-state index contributed by atoms with van der Waals surface area (Å²) < 4.78 is 6.33. The topological polar surface area (TPSA) is 41.6 Å². The fraction of sp³-hybridized carbons (Fsp3) is 0.650. The summed E-state index contributed by atoms with van der Waals surface area (Å²) in [6.45, 7) is 4.14. The van der Waals surface area contributed by atoms with Gasteiger partial charge in [-0.15, -0.1) is 23.5 Å². The van der Waals surface area contributed by atoms with Crippen LogP contribution in [0.5, 0.6) is 5.75 Å². The van der Waals surface area contributed by atoms with Crippen LogP contribution >= 0.6 is 23.5 Å². The highest BCUT2D eigenvalue weighted by molar-refractivity contribution is 8.16. The van der Waals surface area contributed by atoms with Crippen LogP contribution in [0.1, 0.15) is 29.4 Å². The van der Waals surface area contributed by atoms with Crippen LogP contribution in [-0.2, 0) is 4.79 Å². The van der Waals surface area contributed by atoms with Gasteiger partial charge in [0.05, 0.1) is 4.58 Å². The highest BCUT2D eigenvalue weighted by atomic mass is 32.2. The van der Waals surface area contributed by atoms with E-state index in [0.29, 0.717) is 4.58 Å². The van der Waals surface area contributed by atoms with E-state index >= 15 is 0 Å². The number of hydrogen-bond acceptors (Lipinski definition) is 5. The van der Waals surface area contributed by atoms with Crippen LogP contribution in [-0.4, -0.2) is 55.1 Å². The van der Waals surface area contributed by atoms with Crippen LogP contribution in [0.4, 0.5) is 0 Å². The van der Waals surface area contributed by atoms with Crippen molar-refractivity contribution in [1.82, 2.24) is 10.2 Å². The second-order valence-corrected chi connectivity index (χ2v) is 10.1. The fourth-order valence-electron chi connectivity index (χ4n) is 4.11. The van der Waals surface area contributed by atoms with Crippen molar-refractivity contribution in [1.29, 1.82) is 0 Å². The number of nitrogens with zero attached hydrogens (tertiary/aromatic N) is 1. The predicted octanol–water partition coefficient (Wildman–Crippen LogP) is 3.39. The molecule has 3 aliphatic heterocycles. The van der Waals surface area contributed by atoms with E-state index in [-0.39, 0.29) is 12.5 Å². The van der Waals surface area contributed by atoms with Crippen LogP contribution in [0.2, 0.25) is 0 Å². The van der Waals surface area contributed by atoms with E-state index in [4.69, 9.17) is 4.74 Å². The molecule has 1 aromatic rings. The first kappa shape index (κ1) is 18.5. The summed E-state index contributed by atoms with van der Waals surface area (Å²) in [5, 5.41) is 3.48. The summed E-state index contributed by atoms with van der Waals surface area (Å²) in [6, 6.07) is 8.32. The Labute approximate surface area is 164 Å². The van der Waals surface area contributed by atoms with E-state index in [1.165, 1.54) is 23.5 Å². The van der Waals surface area contributed by atoms with Gasteiger partial charge >= 0.3 is 0 Å². The maximum Gasteiger partial charge on any atom is 0.260 e. The molecule has 1 N–H and O–H groups in total. The van der Waals surface area contributed by atoms with Crippen molar-refractivity contribution < 1.29 is 9.53 Å². The van der Waals surface area contributed by atoms with Gasteiger partial charge in [-0.25, -0.2) is 0 Å². The van der Waals surface area contributed by atoms with Crippen molar-refractivity contribution in [2.24, 2.45) is 11.8 Å². The van der Waals surface area contributed by atoms with Crippen molar-refractivity contribution >= 4 is 29.4 Å². The normalized spacial score (nSPS) is 27.0. The number of amides is 1. The molecule has 1 aromatic carbocycles. The molecule has 0 unspecified atom stereocenters. The largest absolute Gasteiger partial charge is 0.484 e. The zero-order chi connectivity index (χ0) is 17.8. The maximum atomic E-state index is 12.5. The van der Waals surface area contributed by atoms with Crippen molar-refractivity contribution in [2.75, 3.05) is 44.3 Å². The minimum absolute atomic E-state index is 0.125. The Hall–Kier alpha value is -0.850. The molecule has 142 valence electrons. The van der Waals surface area contributed by atoms with Gasteiger partial charge in [-0.05, 0) is 73.4 Å². The quantitative estimate of drug-likeness (QED) is 0.851. The lowest BCUT2D eigenvalue weighted by molar-refractivity contribution is -0.133. The van der Waals surface area contributed by atoms with Crippen LogP contribution in [0.25, 0.3) is 0 Å². The van der Waals surface area contributed by atoms with E-state index in [2.05, 4.69) is 17.4 Å². The van der Waals surface area contributed by atoms with Crippen molar-refractivity contribution in [3.05, 3.63) is 29.8 Å². The molecule has 2 atom stereocenters. The average molecular weight is 393 g/mol. The fourth-order valence-corrected chi connectivity index (χ4v) is 7.00. The minimum Gasteiger partial charge on any atom is -0.484 e. The molecule has 3 aliphatic rings. The van der Waals surface area contributed by atoms with Crippen molar-refractivity contribution in [3.63, 3.8) is 0 Å². The molecular weight excluding hydrogens is 364 g/mol. The van der Waals surface area contributed by atoms with Gasteiger partial charge in [-0.2, -0.15) is 0 Å². The lowest BCUT2D eigenvalue weighted by Gasteiger charge is -2.22. The molecule has 26 heavy (non-hydrogen) atoms. The van der Waals surface area contributed by atoms with Gasteiger partial charge in [0.15, 0.2) is 6.61 Å². The van der Waals surface area contributed by atoms with E-state index in [1.54, 1.807) is 0 Å². The zero-order valence-electron chi connectivity index (χ0n) is 15.2. The van der Waals surface area contributed by atoms with E-state index in [1.807, 2.05) is 40.6 Å². The monoisotopic (exact) mass is 392 g/mol. The van der Waals surface area contributed by atoms with Gasteiger partial charge in [0.25, 0.3) is 5.91 Å². The number of thioether (sulfide) groups is 2. The van der Waals surface area contributed by atoms with Gasteiger partial charge in [0.1, 0.15) is 5.75 Å². The minimum atomic E-state index is 0.125. The maximum absolute atomic E-state index is 12.5. The van der Waals surface area contributed by atoms with Crippen LogP contribution in [0.3, 0.4) is 0 Å². The number of fused-ring (bicyclic) bond motifs is 1. The molecule has 0 radical (unpaired) electrons. The third-order valence-corrected chi connectivity index (χ3v) is 8.73. The molecule has 3 fully saturated rings. The molecule has 4 rings (SSSR count). The average Bonchev–Trinajstić information content (AvgIpc) is 3.05. The predicted molar refractivity (Wildman–Crippen MR) is 110 cm³/mol. The number of rotatable bonds is 4. The van der Waals surface area contributed by atoms with Gasteiger partial charge < -0.3 is 15.0 Å². The van der Waals surface area contributed by atoms with Crippen LogP contribution in [0.15, 0.2) is 24.3 Å². The third kappa shape index (κ3) is 4.52. The first-order chi connectivity index (χ1) is 12.8. The summed E-state index contributed by atoms with van der Waals surface area (Å²) in [7, 11) is 0. The van der Waals surface area contributed by atoms with E-state index in [9.17, 15) is 4.79 Å². The van der Waals surface area contributed by atoms with Gasteiger partial charge in [0.2, 0.25) is 0 Å². The summed E-state index contributed by atoms with van der Waals surface area (Å²) in [6.07, 6.45) is 3.55. The lowest BCUT2D eigenvalue weighted by Crippen LogP contribution is -2.36. The van der Waals surface area contributed by atoms with Gasteiger partial charge in [-0.3, -0.25) is 4.79 Å². The summed E-state index contributed by atoms with van der Waals surface area (Å²) in [5.41, 5.74) is 1.35. The number of carbonyl (C=O) groups is 1. The molecule has 0 spiro atoms. The molecule has 0 aromatic heterocycles. The Morgan fingerprint density at radius 1 is 1.08 bits per heavy atom. The number of carbonyl (C=O) groups excluding carboxylic acids is 1. The molecule has 4 nitrogen and oxygen atoms in total. The molecular formula is C20H28N2O2S2. The SMILES string of the molecule is O=C(COc1ccc(C2SCCCS2)cc1)N1CC[C@@H]2CNC[C@@H]2CC1. The van der Waals surface area contributed by atoms with Crippen LogP contribution in [0, 0.1) is 11.8 Å². The third-order valence-electron chi connectivity index (χ3n) is 5.71. The summed E-state index contributed by atoms with van der Waals surface area (Å²) in [4.78, 5) is 14.5. The smallest absolute Gasteiger partial charge is 0.260 e. The zero-order valence-corrected chi connectivity index (χ0v) is 16.8. The molecule has 0 bridgehead atoms. The first-order valence-corrected chi connectivity index (χ1v) is 11.8. The molecule has 3 heterocycles. The second-order valence-electron chi connectivity index (χ2n) is 7.42.